The van der Waals surface area contributed by atoms with Crippen molar-refractivity contribution >= 4 is 16.6 Å². The minimum absolute atomic E-state index is 0.791. The van der Waals surface area contributed by atoms with Gasteiger partial charge in [0.25, 0.3) is 0 Å². The van der Waals surface area contributed by atoms with Crippen LogP contribution in [-0.2, 0) is 14.1 Å². The molecule has 1 N–H and O–H groups in total. The lowest BCUT2D eigenvalue weighted by molar-refractivity contribution is 0.768. The molecule has 0 amide bonds. The average molecular weight is 395 g/mol. The van der Waals surface area contributed by atoms with E-state index < -0.39 is 0 Å². The number of fused-ring (bicyclic) bond motifs is 2. The quantitative estimate of drug-likeness (QED) is 0.497. The van der Waals surface area contributed by atoms with Crippen LogP contribution in [0.15, 0.2) is 61.8 Å². The van der Waals surface area contributed by atoms with Crippen molar-refractivity contribution in [3.63, 3.8) is 0 Å². The number of rotatable bonds is 3. The molecule has 0 aliphatic carbocycles. The second-order valence-corrected chi connectivity index (χ2v) is 7.26. The van der Waals surface area contributed by atoms with Crippen LogP contribution in [-0.4, -0.2) is 44.1 Å². The predicted molar refractivity (Wildman–Crippen MR) is 112 cm³/mol. The molecule has 6 aromatic heterocycles. The van der Waals surface area contributed by atoms with Crippen LogP contribution in [0, 0.1) is 0 Å². The summed E-state index contributed by atoms with van der Waals surface area (Å²) < 4.78 is 5.44. The molecule has 9 nitrogen and oxygen atoms in total. The Morgan fingerprint density at radius 1 is 0.833 bits per heavy atom. The van der Waals surface area contributed by atoms with Crippen LogP contribution in [0.5, 0.6) is 0 Å². The van der Waals surface area contributed by atoms with Crippen molar-refractivity contribution in [1.29, 1.82) is 0 Å². The molecule has 0 aliphatic rings. The smallest absolute Gasteiger partial charge is 0.141 e. The summed E-state index contributed by atoms with van der Waals surface area (Å²) in [6.45, 7) is 0. The molecule has 0 fully saturated rings. The molecule has 6 aromatic rings. The fourth-order valence-electron chi connectivity index (χ4n) is 3.88. The maximum Gasteiger partial charge on any atom is 0.141 e. The normalized spacial score (nSPS) is 11.7. The Labute approximate surface area is 170 Å². The highest BCUT2D eigenvalue weighted by molar-refractivity contribution is 6.03. The Kier molecular flexibility index (Phi) is 3.40. The van der Waals surface area contributed by atoms with Crippen LogP contribution in [0.3, 0.4) is 0 Å². The summed E-state index contributed by atoms with van der Waals surface area (Å²) in [6, 6.07) is 4.19. The number of hydrogen-bond donors (Lipinski definition) is 1. The number of aryl methyl sites for hydroxylation is 2. The molecule has 146 valence electrons. The Balaban J connectivity index is 1.57. The summed E-state index contributed by atoms with van der Waals surface area (Å²) in [6.07, 6.45) is 15.0. The van der Waals surface area contributed by atoms with Gasteiger partial charge in [-0.2, -0.15) is 15.3 Å². The summed E-state index contributed by atoms with van der Waals surface area (Å²) in [7, 11) is 3.81. The third-order valence-electron chi connectivity index (χ3n) is 5.30. The number of aromatic nitrogens is 9. The Bertz CT molecular complexity index is 1530. The van der Waals surface area contributed by atoms with Gasteiger partial charge in [0.2, 0.25) is 0 Å². The molecule has 0 aromatic carbocycles. The van der Waals surface area contributed by atoms with Crippen LogP contribution in [0.2, 0.25) is 0 Å². The van der Waals surface area contributed by atoms with E-state index in [1.165, 1.54) is 0 Å². The molecule has 0 saturated heterocycles. The highest BCUT2D eigenvalue weighted by Crippen LogP contribution is 2.35. The monoisotopic (exact) mass is 395 g/mol. The fraction of sp³-hybridized carbons (Fsp3) is 0.0952. The zero-order valence-electron chi connectivity index (χ0n) is 16.4. The minimum Gasteiger partial charge on any atom is -0.345 e. The van der Waals surface area contributed by atoms with Crippen LogP contribution >= 0.6 is 0 Å². The molecule has 0 saturated carbocycles. The number of hydrogen-bond acceptors (Lipinski definition) is 5. The summed E-state index contributed by atoms with van der Waals surface area (Å²) >= 11 is 0. The van der Waals surface area contributed by atoms with Crippen LogP contribution < -0.4 is 0 Å². The number of pyridine rings is 1. The van der Waals surface area contributed by atoms with E-state index in [2.05, 4.69) is 42.4 Å². The standard InChI is InChI=1S/C21H17N9/c1-28-10-14(6-25-28)16-9-27-30-4-3-13(5-18(16)30)17-8-22-21-19(17)20(23-12-24-21)15-7-26-29(2)11-15/h3-12H,1-2H3,(H,22,23,24). The first kappa shape index (κ1) is 16.7. The first-order valence-corrected chi connectivity index (χ1v) is 9.45. The van der Waals surface area contributed by atoms with Gasteiger partial charge in [0, 0.05) is 61.1 Å². The lowest BCUT2D eigenvalue weighted by Gasteiger charge is -2.05. The number of aromatic amines is 1. The third-order valence-corrected chi connectivity index (χ3v) is 5.30. The molecular weight excluding hydrogens is 378 g/mol. The molecule has 6 heterocycles. The topological polar surface area (TPSA) is 94.5 Å². The molecule has 0 atom stereocenters. The van der Waals surface area contributed by atoms with Gasteiger partial charge < -0.3 is 4.98 Å². The van der Waals surface area contributed by atoms with Crippen LogP contribution in [0.1, 0.15) is 0 Å². The van der Waals surface area contributed by atoms with E-state index in [4.69, 9.17) is 0 Å². The Morgan fingerprint density at radius 3 is 2.40 bits per heavy atom. The maximum atomic E-state index is 4.56. The lowest BCUT2D eigenvalue weighted by atomic mass is 10.0. The molecule has 0 unspecified atom stereocenters. The first-order chi connectivity index (χ1) is 14.7. The van der Waals surface area contributed by atoms with Gasteiger partial charge in [-0.25, -0.2) is 14.5 Å². The van der Waals surface area contributed by atoms with E-state index in [-0.39, 0.29) is 0 Å². The van der Waals surface area contributed by atoms with Gasteiger partial charge >= 0.3 is 0 Å². The summed E-state index contributed by atoms with van der Waals surface area (Å²) in [5.74, 6) is 0. The largest absolute Gasteiger partial charge is 0.345 e. The highest BCUT2D eigenvalue weighted by atomic mass is 15.2. The van der Waals surface area contributed by atoms with Crippen molar-refractivity contribution < 1.29 is 0 Å². The summed E-state index contributed by atoms with van der Waals surface area (Å²) in [5.41, 5.74) is 7.76. The molecule has 6 rings (SSSR count). The van der Waals surface area contributed by atoms with Gasteiger partial charge in [-0.05, 0) is 17.7 Å². The molecule has 0 spiro atoms. The molecule has 0 aliphatic heterocycles. The number of nitrogens with one attached hydrogen (secondary N) is 1. The highest BCUT2D eigenvalue weighted by Gasteiger charge is 2.17. The van der Waals surface area contributed by atoms with Gasteiger partial charge in [-0.15, -0.1) is 0 Å². The van der Waals surface area contributed by atoms with Crippen molar-refractivity contribution in [3.05, 3.63) is 61.8 Å². The average Bonchev–Trinajstić information content (AvgIpc) is 3.52. The number of nitrogens with zero attached hydrogens (tertiary/aromatic N) is 8. The van der Waals surface area contributed by atoms with E-state index in [0.29, 0.717) is 0 Å². The van der Waals surface area contributed by atoms with Crippen molar-refractivity contribution in [2.24, 2.45) is 14.1 Å². The van der Waals surface area contributed by atoms with E-state index in [1.807, 2.05) is 62.0 Å². The van der Waals surface area contributed by atoms with Gasteiger partial charge in [0.15, 0.2) is 0 Å². The maximum absolute atomic E-state index is 4.56. The van der Waals surface area contributed by atoms with Gasteiger partial charge in [-0.1, -0.05) is 0 Å². The SMILES string of the molecule is Cn1cc(-c2ncnc3[nH]cc(-c4ccn5ncc(-c6cnn(C)c6)c5c4)c23)cn1. The summed E-state index contributed by atoms with van der Waals surface area (Å²) in [4.78, 5) is 12.3. The second kappa shape index (κ2) is 6.11. The van der Waals surface area contributed by atoms with Gasteiger partial charge in [0.1, 0.15) is 12.0 Å². The van der Waals surface area contributed by atoms with Gasteiger partial charge in [-0.3, -0.25) is 9.36 Å². The molecule has 30 heavy (non-hydrogen) atoms. The molecule has 0 radical (unpaired) electrons. The van der Waals surface area contributed by atoms with Crippen LogP contribution in [0.4, 0.5) is 0 Å². The van der Waals surface area contributed by atoms with Crippen molar-refractivity contribution in [3.8, 4) is 33.5 Å². The fourth-order valence-corrected chi connectivity index (χ4v) is 3.88. The Hall–Kier alpha value is -4.27. The molecule has 9 heteroatoms. The van der Waals surface area contributed by atoms with Crippen molar-refractivity contribution in [1.82, 2.24) is 44.1 Å². The van der Waals surface area contributed by atoms with E-state index in [1.54, 1.807) is 15.7 Å². The lowest BCUT2D eigenvalue weighted by Crippen LogP contribution is -1.90. The van der Waals surface area contributed by atoms with E-state index in [9.17, 15) is 0 Å². The minimum atomic E-state index is 0.791. The van der Waals surface area contributed by atoms with E-state index >= 15 is 0 Å². The van der Waals surface area contributed by atoms with Crippen molar-refractivity contribution in [2.75, 3.05) is 0 Å². The molecular formula is C21H17N9. The van der Waals surface area contributed by atoms with Gasteiger partial charge in [0.05, 0.1) is 35.2 Å². The van der Waals surface area contributed by atoms with Crippen LogP contribution in [0.25, 0.3) is 50.1 Å². The first-order valence-electron chi connectivity index (χ1n) is 9.45. The van der Waals surface area contributed by atoms with Crippen molar-refractivity contribution in [2.45, 2.75) is 0 Å². The second-order valence-electron chi connectivity index (χ2n) is 7.26. The van der Waals surface area contributed by atoms with E-state index in [0.717, 1.165) is 50.1 Å². The Morgan fingerprint density at radius 2 is 1.63 bits per heavy atom. The zero-order chi connectivity index (χ0) is 20.2. The third kappa shape index (κ3) is 2.45. The molecule has 0 bridgehead atoms. The zero-order valence-corrected chi connectivity index (χ0v) is 16.4. The predicted octanol–water partition coefficient (Wildman–Crippen LogP) is 3.07. The number of H-pyrrole nitrogens is 1. The summed E-state index contributed by atoms with van der Waals surface area (Å²) in [5, 5.41) is 14.0.